The number of nitrogens with one attached hydrogen (secondary N) is 1. The number of nitrogens with zero attached hydrogens (tertiary/aromatic N) is 1. The minimum atomic E-state index is -0.380. The van der Waals surface area contributed by atoms with Crippen LogP contribution in [0, 0.1) is 5.82 Å². The van der Waals surface area contributed by atoms with Crippen LogP contribution in [0.5, 0.6) is 0 Å². The van der Waals surface area contributed by atoms with Gasteiger partial charge in [-0.05, 0) is 37.6 Å². The zero-order chi connectivity index (χ0) is 18.5. The van der Waals surface area contributed by atoms with Crippen LogP contribution >= 0.6 is 0 Å². The summed E-state index contributed by atoms with van der Waals surface area (Å²) in [4.78, 5) is 16.9. The number of aromatic nitrogens is 1. The Morgan fingerprint density at radius 2 is 1.85 bits per heavy atom. The molecule has 0 bridgehead atoms. The molecule has 134 valence electrons. The summed E-state index contributed by atoms with van der Waals surface area (Å²) in [5, 5.41) is 2.99. The second kappa shape index (κ2) is 7.95. The van der Waals surface area contributed by atoms with E-state index in [2.05, 4.69) is 17.2 Å². The molecular weight excluding hydrogens is 331 g/mol. The molecule has 3 rings (SSSR count). The quantitative estimate of drug-likeness (QED) is 0.674. The van der Waals surface area contributed by atoms with Crippen LogP contribution in [-0.4, -0.2) is 16.9 Å². The zero-order valence-corrected chi connectivity index (χ0v) is 14.8. The summed E-state index contributed by atoms with van der Waals surface area (Å²) < 4.78 is 19.7. The van der Waals surface area contributed by atoms with Gasteiger partial charge < -0.3 is 9.73 Å². The first-order chi connectivity index (χ1) is 12.6. The maximum Gasteiger partial charge on any atom is 0.252 e. The van der Waals surface area contributed by atoms with E-state index in [1.807, 2.05) is 13.0 Å². The second-order valence-electron chi connectivity index (χ2n) is 6.22. The van der Waals surface area contributed by atoms with E-state index in [0.29, 0.717) is 22.5 Å². The van der Waals surface area contributed by atoms with Crippen LogP contribution in [-0.2, 0) is 0 Å². The normalized spacial score (nSPS) is 12.0. The molecule has 0 radical (unpaired) electrons. The molecule has 2 aromatic carbocycles. The third kappa shape index (κ3) is 3.82. The van der Waals surface area contributed by atoms with Crippen molar-refractivity contribution in [1.29, 1.82) is 0 Å². The number of hydrogen-bond donors (Lipinski definition) is 1. The van der Waals surface area contributed by atoms with Gasteiger partial charge in [-0.2, -0.15) is 0 Å². The largest absolute Gasteiger partial charge is 0.436 e. The van der Waals surface area contributed by atoms with E-state index < -0.39 is 0 Å². The Balaban J connectivity index is 1.91. The van der Waals surface area contributed by atoms with Crippen molar-refractivity contribution in [3.63, 3.8) is 0 Å². The summed E-state index contributed by atoms with van der Waals surface area (Å²) in [5.74, 6) is 0.0617. The molecule has 0 aliphatic rings. The molecule has 5 heteroatoms. The lowest BCUT2D eigenvalue weighted by molar-refractivity contribution is 0.0938. The highest BCUT2D eigenvalue weighted by atomic mass is 19.1. The summed E-state index contributed by atoms with van der Waals surface area (Å²) in [6, 6.07) is 13.5. The molecule has 0 saturated heterocycles. The zero-order valence-electron chi connectivity index (χ0n) is 14.8. The van der Waals surface area contributed by atoms with Crippen LogP contribution in [0.15, 0.2) is 59.1 Å². The molecule has 1 amide bonds. The summed E-state index contributed by atoms with van der Waals surface area (Å²) >= 11 is 0. The summed E-state index contributed by atoms with van der Waals surface area (Å²) in [6.07, 6.45) is 3.38. The molecule has 1 heterocycles. The number of carbonyl (C=O) groups excluding carboxylic acids is 1. The molecule has 1 aromatic heterocycles. The van der Waals surface area contributed by atoms with Crippen molar-refractivity contribution in [2.24, 2.45) is 0 Å². The monoisotopic (exact) mass is 352 g/mol. The van der Waals surface area contributed by atoms with Crippen LogP contribution in [0.4, 0.5) is 4.39 Å². The first-order valence-corrected chi connectivity index (χ1v) is 8.71. The second-order valence-corrected chi connectivity index (χ2v) is 6.22. The fraction of sp³-hybridized carbons (Fsp3) is 0.238. The molecule has 0 fully saturated rings. The van der Waals surface area contributed by atoms with Gasteiger partial charge in [0.2, 0.25) is 5.89 Å². The van der Waals surface area contributed by atoms with Gasteiger partial charge in [0.25, 0.3) is 5.91 Å². The van der Waals surface area contributed by atoms with E-state index in [9.17, 15) is 9.18 Å². The van der Waals surface area contributed by atoms with Gasteiger partial charge in [-0.25, -0.2) is 9.37 Å². The Labute approximate surface area is 152 Å². The van der Waals surface area contributed by atoms with Gasteiger partial charge in [-0.1, -0.05) is 37.6 Å². The highest BCUT2D eigenvalue weighted by molar-refractivity contribution is 6.00. The number of hydrogen-bond acceptors (Lipinski definition) is 3. The SMILES string of the molecule is CCC[C@@H](C)NC(=O)c1ccccc1-c1ncc(-c2ccccc2F)o1. The molecule has 1 N–H and O–H groups in total. The Morgan fingerprint density at radius 3 is 2.58 bits per heavy atom. The smallest absolute Gasteiger partial charge is 0.252 e. The third-order valence-electron chi connectivity index (χ3n) is 4.15. The molecule has 0 spiro atoms. The van der Waals surface area contributed by atoms with E-state index in [1.165, 1.54) is 12.3 Å². The van der Waals surface area contributed by atoms with E-state index in [0.717, 1.165) is 12.8 Å². The van der Waals surface area contributed by atoms with Crippen molar-refractivity contribution < 1.29 is 13.6 Å². The van der Waals surface area contributed by atoms with Crippen molar-refractivity contribution in [2.75, 3.05) is 0 Å². The summed E-state index contributed by atoms with van der Waals surface area (Å²) in [6.45, 7) is 4.05. The maximum atomic E-state index is 14.0. The predicted octanol–water partition coefficient (Wildman–Crippen LogP) is 5.07. The van der Waals surface area contributed by atoms with Gasteiger partial charge in [-0.15, -0.1) is 0 Å². The minimum absolute atomic E-state index is 0.0825. The Hall–Kier alpha value is -2.95. The molecular formula is C21H21FN2O2. The molecule has 0 unspecified atom stereocenters. The number of amides is 1. The lowest BCUT2D eigenvalue weighted by Gasteiger charge is -2.14. The van der Waals surface area contributed by atoms with Crippen LogP contribution < -0.4 is 5.32 Å². The number of carbonyl (C=O) groups is 1. The van der Waals surface area contributed by atoms with Crippen molar-refractivity contribution in [3.05, 3.63) is 66.1 Å². The standard InChI is InChI=1S/C21H21FN2O2/c1-3-8-14(2)24-20(25)15-9-4-5-10-16(15)21-23-13-19(26-21)17-11-6-7-12-18(17)22/h4-7,9-14H,3,8H2,1-2H3,(H,24,25)/t14-/m1/s1. The van der Waals surface area contributed by atoms with Gasteiger partial charge >= 0.3 is 0 Å². The fourth-order valence-electron chi connectivity index (χ4n) is 2.86. The molecule has 0 aliphatic heterocycles. The van der Waals surface area contributed by atoms with Crippen molar-refractivity contribution in [3.8, 4) is 22.8 Å². The van der Waals surface area contributed by atoms with Gasteiger partial charge in [-0.3, -0.25) is 4.79 Å². The predicted molar refractivity (Wildman–Crippen MR) is 99.2 cm³/mol. The molecule has 0 saturated carbocycles. The number of oxazole rings is 1. The summed E-state index contributed by atoms with van der Waals surface area (Å²) in [5.41, 5.74) is 1.40. The molecule has 26 heavy (non-hydrogen) atoms. The Kier molecular flexibility index (Phi) is 5.46. The van der Waals surface area contributed by atoms with Gasteiger partial charge in [0, 0.05) is 11.6 Å². The van der Waals surface area contributed by atoms with Crippen LogP contribution in [0.1, 0.15) is 37.0 Å². The van der Waals surface area contributed by atoms with Crippen LogP contribution in [0.25, 0.3) is 22.8 Å². The minimum Gasteiger partial charge on any atom is -0.436 e. The van der Waals surface area contributed by atoms with Crippen molar-refractivity contribution in [2.45, 2.75) is 32.7 Å². The number of rotatable bonds is 6. The molecule has 0 aliphatic carbocycles. The first-order valence-electron chi connectivity index (χ1n) is 8.71. The van der Waals surface area contributed by atoms with E-state index in [1.54, 1.807) is 36.4 Å². The average molecular weight is 352 g/mol. The maximum absolute atomic E-state index is 14.0. The fourth-order valence-corrected chi connectivity index (χ4v) is 2.86. The van der Waals surface area contributed by atoms with E-state index >= 15 is 0 Å². The first kappa shape index (κ1) is 17.9. The number of benzene rings is 2. The van der Waals surface area contributed by atoms with Crippen LogP contribution in [0.2, 0.25) is 0 Å². The third-order valence-corrected chi connectivity index (χ3v) is 4.15. The topological polar surface area (TPSA) is 55.1 Å². The Morgan fingerprint density at radius 1 is 1.15 bits per heavy atom. The van der Waals surface area contributed by atoms with Gasteiger partial charge in [0.05, 0.1) is 17.3 Å². The Bertz CT molecular complexity index is 904. The average Bonchev–Trinajstić information content (AvgIpc) is 3.12. The lowest BCUT2D eigenvalue weighted by atomic mass is 10.1. The number of halogens is 1. The molecule has 1 atom stereocenters. The molecule has 4 nitrogen and oxygen atoms in total. The van der Waals surface area contributed by atoms with E-state index in [-0.39, 0.29) is 23.7 Å². The van der Waals surface area contributed by atoms with Crippen molar-refractivity contribution >= 4 is 5.91 Å². The van der Waals surface area contributed by atoms with Gasteiger partial charge in [0.1, 0.15) is 5.82 Å². The van der Waals surface area contributed by atoms with Crippen molar-refractivity contribution in [1.82, 2.24) is 10.3 Å². The molecule has 3 aromatic rings. The van der Waals surface area contributed by atoms with Gasteiger partial charge in [0.15, 0.2) is 5.76 Å². The van der Waals surface area contributed by atoms with Crippen LogP contribution in [0.3, 0.4) is 0 Å². The van der Waals surface area contributed by atoms with E-state index in [4.69, 9.17) is 4.42 Å². The highest BCUT2D eigenvalue weighted by Gasteiger charge is 2.18. The lowest BCUT2D eigenvalue weighted by Crippen LogP contribution is -2.32. The highest BCUT2D eigenvalue weighted by Crippen LogP contribution is 2.29. The summed E-state index contributed by atoms with van der Waals surface area (Å²) in [7, 11) is 0.